The summed E-state index contributed by atoms with van der Waals surface area (Å²) in [7, 11) is 0. The molecule has 0 aliphatic carbocycles. The van der Waals surface area contributed by atoms with Crippen LogP contribution in [0, 0.1) is 6.92 Å². The maximum Gasteiger partial charge on any atom is 0.231 e. The summed E-state index contributed by atoms with van der Waals surface area (Å²) in [6.45, 7) is 2.27. The van der Waals surface area contributed by atoms with Gasteiger partial charge in [0.25, 0.3) is 0 Å². The second-order valence-corrected chi connectivity index (χ2v) is 5.16. The topological polar surface area (TPSA) is 75.2 Å². The summed E-state index contributed by atoms with van der Waals surface area (Å²) in [5.41, 5.74) is 10.2. The van der Waals surface area contributed by atoms with E-state index in [9.17, 15) is 0 Å². The number of nitrogens with zero attached hydrogens (tertiary/aromatic N) is 3. The quantitative estimate of drug-likeness (QED) is 0.735. The molecule has 1 aromatic heterocycles. The predicted octanol–water partition coefficient (Wildman–Crippen LogP) is 2.55. The van der Waals surface area contributed by atoms with Gasteiger partial charge in [-0.2, -0.15) is 0 Å². The van der Waals surface area contributed by atoms with E-state index in [2.05, 4.69) is 10.3 Å². The smallest absolute Gasteiger partial charge is 0.231 e. The number of benzene rings is 2. The fourth-order valence-corrected chi connectivity index (χ4v) is 2.44. The van der Waals surface area contributed by atoms with Crippen molar-refractivity contribution in [1.29, 1.82) is 0 Å². The van der Waals surface area contributed by atoms with Crippen molar-refractivity contribution in [1.82, 2.24) is 15.0 Å². The van der Waals surface area contributed by atoms with Crippen LogP contribution in [0.3, 0.4) is 0 Å². The third kappa shape index (κ3) is 2.05. The van der Waals surface area contributed by atoms with Crippen molar-refractivity contribution < 1.29 is 9.47 Å². The molecule has 2 N–H and O–H groups in total. The summed E-state index contributed by atoms with van der Waals surface area (Å²) in [6, 6.07) is 11.4. The first kappa shape index (κ1) is 12.7. The van der Waals surface area contributed by atoms with Crippen LogP contribution in [-0.4, -0.2) is 21.8 Å². The third-order valence-electron chi connectivity index (χ3n) is 3.64. The van der Waals surface area contributed by atoms with Crippen LogP contribution in [0.15, 0.2) is 42.6 Å². The summed E-state index contributed by atoms with van der Waals surface area (Å²) in [5, 5.41) is 8.43. The average molecular weight is 294 g/mol. The number of hydrogen-bond acceptors (Lipinski definition) is 5. The number of nitrogen functional groups attached to an aromatic ring is 1. The van der Waals surface area contributed by atoms with E-state index in [1.807, 2.05) is 49.5 Å². The number of hydrogen-bond donors (Lipinski definition) is 1. The molecule has 0 amide bonds. The van der Waals surface area contributed by atoms with E-state index in [1.54, 1.807) is 4.68 Å². The molecule has 0 bridgehead atoms. The van der Waals surface area contributed by atoms with E-state index >= 15 is 0 Å². The van der Waals surface area contributed by atoms with Crippen LogP contribution in [0.5, 0.6) is 11.5 Å². The molecule has 3 aromatic rings. The van der Waals surface area contributed by atoms with Crippen LogP contribution >= 0.6 is 0 Å². The molecule has 110 valence electrons. The fraction of sp³-hybridized carbons (Fsp3) is 0.125. The van der Waals surface area contributed by atoms with Gasteiger partial charge in [0.2, 0.25) is 6.79 Å². The monoisotopic (exact) mass is 294 g/mol. The lowest BCUT2D eigenvalue weighted by molar-refractivity contribution is 0.174. The highest BCUT2D eigenvalue weighted by Crippen LogP contribution is 2.35. The molecule has 0 saturated carbocycles. The number of aromatic nitrogens is 3. The Morgan fingerprint density at radius 3 is 2.86 bits per heavy atom. The SMILES string of the molecule is Cc1ccc(N)cc1-n1cc(-c2ccc3c(c2)OCO3)nn1. The summed E-state index contributed by atoms with van der Waals surface area (Å²) < 4.78 is 12.4. The molecule has 0 spiro atoms. The molecule has 2 heterocycles. The number of rotatable bonds is 2. The van der Waals surface area contributed by atoms with Crippen LogP contribution < -0.4 is 15.2 Å². The molecule has 0 atom stereocenters. The van der Waals surface area contributed by atoms with Crippen LogP contribution in [0.1, 0.15) is 5.56 Å². The molecule has 0 radical (unpaired) electrons. The van der Waals surface area contributed by atoms with Crippen molar-refractivity contribution in [2.24, 2.45) is 0 Å². The zero-order valence-corrected chi connectivity index (χ0v) is 12.0. The normalized spacial score (nSPS) is 12.6. The summed E-state index contributed by atoms with van der Waals surface area (Å²) in [6.07, 6.45) is 1.87. The van der Waals surface area contributed by atoms with Crippen LogP contribution in [0.25, 0.3) is 16.9 Å². The van der Waals surface area contributed by atoms with Crippen molar-refractivity contribution in [3.63, 3.8) is 0 Å². The van der Waals surface area contributed by atoms with Crippen LogP contribution in [0.2, 0.25) is 0 Å². The van der Waals surface area contributed by atoms with Crippen LogP contribution in [0.4, 0.5) is 5.69 Å². The van der Waals surface area contributed by atoms with Crippen molar-refractivity contribution in [3.05, 3.63) is 48.2 Å². The number of aryl methyl sites for hydroxylation is 1. The zero-order chi connectivity index (χ0) is 15.1. The van der Waals surface area contributed by atoms with E-state index in [-0.39, 0.29) is 6.79 Å². The number of anilines is 1. The molecule has 6 nitrogen and oxygen atoms in total. The van der Waals surface area contributed by atoms with Gasteiger partial charge in [0.05, 0.1) is 11.9 Å². The molecule has 22 heavy (non-hydrogen) atoms. The first-order valence-electron chi connectivity index (χ1n) is 6.89. The maximum absolute atomic E-state index is 5.85. The van der Waals surface area contributed by atoms with Crippen molar-refractivity contribution in [3.8, 4) is 28.4 Å². The molecule has 1 aliphatic heterocycles. The number of fused-ring (bicyclic) bond motifs is 1. The van der Waals surface area contributed by atoms with Crippen molar-refractivity contribution in [2.45, 2.75) is 6.92 Å². The molecule has 2 aromatic carbocycles. The lowest BCUT2D eigenvalue weighted by atomic mass is 10.1. The lowest BCUT2D eigenvalue weighted by Gasteiger charge is -2.05. The third-order valence-corrected chi connectivity index (χ3v) is 3.64. The van der Waals surface area contributed by atoms with E-state index < -0.39 is 0 Å². The van der Waals surface area contributed by atoms with Gasteiger partial charge in [-0.05, 0) is 42.8 Å². The Hall–Kier alpha value is -3.02. The summed E-state index contributed by atoms with van der Waals surface area (Å²) in [5.74, 6) is 1.48. The highest BCUT2D eigenvalue weighted by atomic mass is 16.7. The van der Waals surface area contributed by atoms with Crippen molar-refractivity contribution >= 4 is 5.69 Å². The standard InChI is InChI=1S/C16H14N4O2/c1-10-2-4-12(17)7-14(10)20-8-13(18-19-20)11-3-5-15-16(6-11)22-9-21-15/h2-8H,9,17H2,1H3. The Labute approximate surface area is 127 Å². The Bertz CT molecular complexity index is 857. The molecule has 0 saturated heterocycles. The average Bonchev–Trinajstić information content (AvgIpc) is 3.17. The molecular formula is C16H14N4O2. The minimum Gasteiger partial charge on any atom is -0.454 e. The van der Waals surface area contributed by atoms with Gasteiger partial charge in [-0.15, -0.1) is 5.10 Å². The Kier molecular flexibility index (Phi) is 2.75. The van der Waals surface area contributed by atoms with Gasteiger partial charge >= 0.3 is 0 Å². The van der Waals surface area contributed by atoms with Gasteiger partial charge in [-0.1, -0.05) is 11.3 Å². The van der Waals surface area contributed by atoms with Crippen LogP contribution in [-0.2, 0) is 0 Å². The summed E-state index contributed by atoms with van der Waals surface area (Å²) in [4.78, 5) is 0. The second-order valence-electron chi connectivity index (χ2n) is 5.16. The molecule has 1 aliphatic rings. The van der Waals surface area contributed by atoms with E-state index in [1.165, 1.54) is 0 Å². The molecule has 0 unspecified atom stereocenters. The Balaban J connectivity index is 1.74. The molecule has 4 rings (SSSR count). The van der Waals surface area contributed by atoms with Gasteiger partial charge in [0.15, 0.2) is 11.5 Å². The predicted molar refractivity (Wildman–Crippen MR) is 82.1 cm³/mol. The van der Waals surface area contributed by atoms with Gasteiger partial charge in [0.1, 0.15) is 5.69 Å². The molecular weight excluding hydrogens is 280 g/mol. The first-order valence-corrected chi connectivity index (χ1v) is 6.89. The van der Waals surface area contributed by atoms with E-state index in [0.29, 0.717) is 5.69 Å². The Morgan fingerprint density at radius 1 is 1.09 bits per heavy atom. The first-order chi connectivity index (χ1) is 10.7. The fourth-order valence-electron chi connectivity index (χ4n) is 2.44. The maximum atomic E-state index is 5.85. The zero-order valence-electron chi connectivity index (χ0n) is 12.0. The highest BCUT2D eigenvalue weighted by Gasteiger charge is 2.15. The second kappa shape index (κ2) is 4.77. The van der Waals surface area contributed by atoms with E-state index in [0.717, 1.165) is 34.0 Å². The summed E-state index contributed by atoms with van der Waals surface area (Å²) >= 11 is 0. The largest absolute Gasteiger partial charge is 0.454 e. The minimum atomic E-state index is 0.258. The molecule has 0 fully saturated rings. The number of ether oxygens (including phenoxy) is 2. The Morgan fingerprint density at radius 2 is 1.95 bits per heavy atom. The van der Waals surface area contributed by atoms with Gasteiger partial charge < -0.3 is 15.2 Å². The van der Waals surface area contributed by atoms with Gasteiger partial charge in [0, 0.05) is 11.3 Å². The molecule has 6 heteroatoms. The lowest BCUT2D eigenvalue weighted by Crippen LogP contribution is -1.99. The highest BCUT2D eigenvalue weighted by molar-refractivity contribution is 5.64. The van der Waals surface area contributed by atoms with Gasteiger partial charge in [-0.25, -0.2) is 4.68 Å². The van der Waals surface area contributed by atoms with E-state index in [4.69, 9.17) is 15.2 Å². The van der Waals surface area contributed by atoms with Crippen molar-refractivity contribution in [2.75, 3.05) is 12.5 Å². The van der Waals surface area contributed by atoms with Gasteiger partial charge in [-0.3, -0.25) is 0 Å². The number of nitrogens with two attached hydrogens (primary N) is 1. The minimum absolute atomic E-state index is 0.258.